The van der Waals surface area contributed by atoms with Crippen LogP contribution in [0.25, 0.3) is 0 Å². The van der Waals surface area contributed by atoms with E-state index in [9.17, 15) is 0 Å². The number of aromatic nitrogens is 1. The van der Waals surface area contributed by atoms with Crippen molar-refractivity contribution in [1.82, 2.24) is 4.98 Å². The van der Waals surface area contributed by atoms with E-state index in [0.717, 1.165) is 5.69 Å². The molecule has 0 saturated heterocycles. The minimum Gasteiger partial charge on any atom is -0.383 e. The van der Waals surface area contributed by atoms with Gasteiger partial charge in [-0.05, 0) is 12.8 Å². The Kier molecular flexibility index (Phi) is 3.72. The summed E-state index contributed by atoms with van der Waals surface area (Å²) < 4.78 is 5.03. The van der Waals surface area contributed by atoms with Gasteiger partial charge in [0.25, 0.3) is 0 Å². The molecule has 0 aliphatic heterocycles. The van der Waals surface area contributed by atoms with Gasteiger partial charge in [0.2, 0.25) is 0 Å². The van der Waals surface area contributed by atoms with Crippen LogP contribution in [0, 0.1) is 0 Å². The highest BCUT2D eigenvalue weighted by Crippen LogP contribution is 2.36. The number of hydrogen-bond donors (Lipinski definition) is 1. The van der Waals surface area contributed by atoms with Crippen molar-refractivity contribution in [1.29, 1.82) is 0 Å². The molecular formula is C11H18N2OS. The topological polar surface area (TPSA) is 48.1 Å². The van der Waals surface area contributed by atoms with Crippen LogP contribution in [0.4, 0.5) is 0 Å². The Hall–Kier alpha value is -0.450. The first-order chi connectivity index (χ1) is 7.31. The molecule has 4 heteroatoms. The molecule has 1 fully saturated rings. The highest BCUT2D eigenvalue weighted by molar-refractivity contribution is 7.09. The molecule has 0 aromatic carbocycles. The van der Waals surface area contributed by atoms with E-state index in [1.54, 1.807) is 18.4 Å². The molecule has 0 amide bonds. The molecule has 1 saturated carbocycles. The standard InChI is InChI=1S/C11H18N2OS/c1-14-6-9(12)10-7-15-11(13-10)8-4-2-3-5-8/h7-9H,2-6,12H2,1H3. The van der Waals surface area contributed by atoms with E-state index in [1.165, 1.54) is 30.7 Å². The van der Waals surface area contributed by atoms with Gasteiger partial charge in [0.1, 0.15) is 0 Å². The third kappa shape index (κ3) is 2.56. The van der Waals surface area contributed by atoms with Crippen molar-refractivity contribution >= 4 is 11.3 Å². The summed E-state index contributed by atoms with van der Waals surface area (Å²) in [7, 11) is 1.67. The predicted molar refractivity (Wildman–Crippen MR) is 62.1 cm³/mol. The van der Waals surface area contributed by atoms with Crippen molar-refractivity contribution < 1.29 is 4.74 Å². The Morgan fingerprint density at radius 1 is 1.60 bits per heavy atom. The zero-order valence-corrected chi connectivity index (χ0v) is 9.93. The first-order valence-electron chi connectivity index (χ1n) is 5.51. The van der Waals surface area contributed by atoms with Gasteiger partial charge in [0.15, 0.2) is 0 Å². The Bertz CT molecular complexity index is 307. The van der Waals surface area contributed by atoms with Crippen LogP contribution in [0.1, 0.15) is 48.3 Å². The van der Waals surface area contributed by atoms with Crippen LogP contribution < -0.4 is 5.73 Å². The summed E-state index contributed by atoms with van der Waals surface area (Å²) in [6, 6.07) is -0.0681. The van der Waals surface area contributed by atoms with Crippen molar-refractivity contribution in [3.8, 4) is 0 Å². The number of nitrogens with zero attached hydrogens (tertiary/aromatic N) is 1. The van der Waals surface area contributed by atoms with E-state index in [0.29, 0.717) is 12.5 Å². The van der Waals surface area contributed by atoms with Crippen LogP contribution in [0.15, 0.2) is 5.38 Å². The van der Waals surface area contributed by atoms with Gasteiger partial charge in [0.05, 0.1) is 23.4 Å². The van der Waals surface area contributed by atoms with Crippen LogP contribution in [-0.4, -0.2) is 18.7 Å². The summed E-state index contributed by atoms with van der Waals surface area (Å²) in [5.41, 5.74) is 6.93. The summed E-state index contributed by atoms with van der Waals surface area (Å²) in [5.74, 6) is 0.693. The molecule has 1 aromatic heterocycles. The highest BCUT2D eigenvalue weighted by Gasteiger charge is 2.21. The summed E-state index contributed by atoms with van der Waals surface area (Å²) in [5, 5.41) is 3.35. The van der Waals surface area contributed by atoms with Crippen molar-refractivity contribution in [3.63, 3.8) is 0 Å². The van der Waals surface area contributed by atoms with Gasteiger partial charge >= 0.3 is 0 Å². The van der Waals surface area contributed by atoms with Crippen LogP contribution in [0.2, 0.25) is 0 Å². The van der Waals surface area contributed by atoms with E-state index in [2.05, 4.69) is 10.4 Å². The van der Waals surface area contributed by atoms with Crippen molar-refractivity contribution in [3.05, 3.63) is 16.1 Å². The smallest absolute Gasteiger partial charge is 0.0959 e. The second-order valence-electron chi connectivity index (χ2n) is 4.15. The molecule has 1 aliphatic carbocycles. The quantitative estimate of drug-likeness (QED) is 0.858. The lowest BCUT2D eigenvalue weighted by Gasteiger charge is -2.07. The highest BCUT2D eigenvalue weighted by atomic mass is 32.1. The van der Waals surface area contributed by atoms with Crippen molar-refractivity contribution in [2.45, 2.75) is 37.6 Å². The second-order valence-corrected chi connectivity index (χ2v) is 5.04. The van der Waals surface area contributed by atoms with Crippen LogP contribution in [0.3, 0.4) is 0 Å². The fraction of sp³-hybridized carbons (Fsp3) is 0.727. The van der Waals surface area contributed by atoms with Gasteiger partial charge < -0.3 is 10.5 Å². The average Bonchev–Trinajstić information content (AvgIpc) is 2.89. The number of hydrogen-bond acceptors (Lipinski definition) is 4. The molecular weight excluding hydrogens is 208 g/mol. The molecule has 2 rings (SSSR count). The minimum absolute atomic E-state index is 0.0681. The Morgan fingerprint density at radius 3 is 3.00 bits per heavy atom. The van der Waals surface area contributed by atoms with E-state index in [-0.39, 0.29) is 6.04 Å². The number of rotatable bonds is 4. The Balaban J connectivity index is 2.02. The van der Waals surface area contributed by atoms with E-state index >= 15 is 0 Å². The summed E-state index contributed by atoms with van der Waals surface area (Å²) in [4.78, 5) is 4.62. The lowest BCUT2D eigenvalue weighted by Crippen LogP contribution is -2.16. The second kappa shape index (κ2) is 5.05. The molecule has 0 radical (unpaired) electrons. The molecule has 1 heterocycles. The van der Waals surface area contributed by atoms with Crippen LogP contribution in [-0.2, 0) is 4.74 Å². The fourth-order valence-corrected chi connectivity index (χ4v) is 3.15. The molecule has 1 aromatic rings. The lowest BCUT2D eigenvalue weighted by atomic mass is 10.1. The van der Waals surface area contributed by atoms with E-state index in [1.807, 2.05) is 0 Å². The third-order valence-electron chi connectivity index (χ3n) is 2.97. The fourth-order valence-electron chi connectivity index (χ4n) is 2.10. The minimum atomic E-state index is -0.0681. The first kappa shape index (κ1) is 11.0. The van der Waals surface area contributed by atoms with Gasteiger partial charge in [-0.1, -0.05) is 12.8 Å². The maximum Gasteiger partial charge on any atom is 0.0959 e. The van der Waals surface area contributed by atoms with E-state index < -0.39 is 0 Å². The SMILES string of the molecule is COCC(N)c1csc(C2CCCC2)n1. The van der Waals surface area contributed by atoms with Gasteiger partial charge in [-0.25, -0.2) is 4.98 Å². The molecule has 84 valence electrons. The maximum absolute atomic E-state index is 5.94. The number of methoxy groups -OCH3 is 1. The Labute approximate surface area is 94.7 Å². The molecule has 2 N–H and O–H groups in total. The zero-order chi connectivity index (χ0) is 10.7. The van der Waals surface area contributed by atoms with Gasteiger partial charge in [-0.2, -0.15) is 0 Å². The number of thiazole rings is 1. The lowest BCUT2D eigenvalue weighted by molar-refractivity contribution is 0.180. The normalized spacial score (nSPS) is 19.6. The van der Waals surface area contributed by atoms with Gasteiger partial charge in [-0.3, -0.25) is 0 Å². The van der Waals surface area contributed by atoms with E-state index in [4.69, 9.17) is 10.5 Å². The molecule has 1 unspecified atom stereocenters. The summed E-state index contributed by atoms with van der Waals surface area (Å²) in [6.07, 6.45) is 5.30. The number of nitrogens with two attached hydrogens (primary N) is 1. The average molecular weight is 226 g/mol. The molecule has 0 bridgehead atoms. The zero-order valence-electron chi connectivity index (χ0n) is 9.11. The van der Waals surface area contributed by atoms with Crippen molar-refractivity contribution in [2.75, 3.05) is 13.7 Å². The van der Waals surface area contributed by atoms with Crippen LogP contribution in [0.5, 0.6) is 0 Å². The monoisotopic (exact) mass is 226 g/mol. The van der Waals surface area contributed by atoms with Crippen LogP contribution >= 0.6 is 11.3 Å². The molecule has 1 aliphatic rings. The number of ether oxygens (including phenoxy) is 1. The summed E-state index contributed by atoms with van der Waals surface area (Å²) in [6.45, 7) is 0.549. The largest absolute Gasteiger partial charge is 0.383 e. The third-order valence-corrected chi connectivity index (χ3v) is 4.00. The molecule has 0 spiro atoms. The molecule has 3 nitrogen and oxygen atoms in total. The van der Waals surface area contributed by atoms with Gasteiger partial charge in [0, 0.05) is 18.4 Å². The maximum atomic E-state index is 5.94. The first-order valence-corrected chi connectivity index (χ1v) is 6.39. The van der Waals surface area contributed by atoms with Crippen molar-refractivity contribution in [2.24, 2.45) is 5.73 Å². The predicted octanol–water partition coefficient (Wildman–Crippen LogP) is 2.45. The van der Waals surface area contributed by atoms with Gasteiger partial charge in [-0.15, -0.1) is 11.3 Å². The Morgan fingerprint density at radius 2 is 2.33 bits per heavy atom. The molecule has 1 atom stereocenters. The molecule has 15 heavy (non-hydrogen) atoms. The summed E-state index contributed by atoms with van der Waals surface area (Å²) >= 11 is 1.75.